The van der Waals surface area contributed by atoms with Crippen molar-refractivity contribution < 1.29 is 9.47 Å². The van der Waals surface area contributed by atoms with Gasteiger partial charge in [-0.25, -0.2) is 0 Å². The lowest BCUT2D eigenvalue weighted by atomic mass is 9.83. The van der Waals surface area contributed by atoms with Gasteiger partial charge in [-0.3, -0.25) is 4.79 Å². The second kappa shape index (κ2) is 5.97. The molecule has 0 saturated carbocycles. The highest BCUT2D eigenvalue weighted by Crippen LogP contribution is 2.45. The van der Waals surface area contributed by atoms with Crippen LogP contribution in [0.1, 0.15) is 17.0 Å². The van der Waals surface area contributed by atoms with Crippen LogP contribution in [-0.4, -0.2) is 12.1 Å². The molecule has 0 saturated heterocycles. The van der Waals surface area contributed by atoms with Crippen LogP contribution in [-0.2, 0) is 0 Å². The average Bonchev–Trinajstić information content (AvgIpc) is 2.67. The first-order chi connectivity index (χ1) is 12.7. The van der Waals surface area contributed by atoms with Gasteiger partial charge in [0.25, 0.3) is 5.56 Å². The van der Waals surface area contributed by atoms with E-state index in [-0.39, 0.29) is 17.0 Å². The highest BCUT2D eigenvalue weighted by molar-refractivity contribution is 5.87. The van der Waals surface area contributed by atoms with E-state index in [1.54, 1.807) is 19.2 Å². The molecule has 1 aliphatic rings. The van der Waals surface area contributed by atoms with E-state index in [9.17, 15) is 10.1 Å². The summed E-state index contributed by atoms with van der Waals surface area (Å²) in [7, 11) is 1.54. The van der Waals surface area contributed by atoms with Crippen molar-refractivity contribution in [2.75, 3.05) is 7.11 Å². The number of aromatic nitrogens is 1. The molecule has 0 unspecified atom stereocenters. The van der Waals surface area contributed by atoms with Crippen molar-refractivity contribution >= 4 is 10.9 Å². The van der Waals surface area contributed by atoms with Gasteiger partial charge in [0.15, 0.2) is 0 Å². The minimum Gasteiger partial charge on any atom is -0.496 e. The van der Waals surface area contributed by atoms with Crippen molar-refractivity contribution in [2.45, 2.75) is 5.92 Å². The maximum Gasteiger partial charge on any atom is 0.256 e. The number of rotatable bonds is 2. The maximum absolute atomic E-state index is 12.9. The zero-order valence-corrected chi connectivity index (χ0v) is 13.9. The molecule has 0 radical (unpaired) electrons. The highest BCUT2D eigenvalue weighted by atomic mass is 16.5. The lowest BCUT2D eigenvalue weighted by molar-refractivity contribution is 0.389. The van der Waals surface area contributed by atoms with Crippen molar-refractivity contribution in [3.8, 4) is 17.6 Å². The molecule has 0 amide bonds. The average molecular weight is 345 g/mol. The normalized spacial score (nSPS) is 15.9. The van der Waals surface area contributed by atoms with Crippen LogP contribution in [0.5, 0.6) is 11.5 Å². The molecule has 0 aliphatic carbocycles. The quantitative estimate of drug-likeness (QED) is 0.744. The second-order valence-electron chi connectivity index (χ2n) is 5.91. The number of pyridine rings is 1. The van der Waals surface area contributed by atoms with Crippen LogP contribution >= 0.6 is 0 Å². The summed E-state index contributed by atoms with van der Waals surface area (Å²) in [6.07, 6.45) is 0. The molecule has 1 aromatic heterocycles. The Kier molecular flexibility index (Phi) is 3.63. The maximum atomic E-state index is 12.9. The summed E-state index contributed by atoms with van der Waals surface area (Å²) in [6, 6.07) is 16.6. The zero-order chi connectivity index (χ0) is 18.3. The number of nitrogens with one attached hydrogen (secondary N) is 1. The number of nitrogens with two attached hydrogens (primary N) is 1. The number of benzene rings is 2. The smallest absolute Gasteiger partial charge is 0.256 e. The van der Waals surface area contributed by atoms with Crippen molar-refractivity contribution in [3.05, 3.63) is 81.5 Å². The summed E-state index contributed by atoms with van der Waals surface area (Å²) in [4.78, 5) is 15.7. The summed E-state index contributed by atoms with van der Waals surface area (Å²) in [5.74, 6) is 0.259. The third-order valence-corrected chi connectivity index (χ3v) is 4.53. The topological polar surface area (TPSA) is 101 Å². The van der Waals surface area contributed by atoms with Crippen LogP contribution in [0.15, 0.2) is 64.8 Å². The molecule has 2 heterocycles. The van der Waals surface area contributed by atoms with Crippen molar-refractivity contribution in [3.63, 3.8) is 0 Å². The van der Waals surface area contributed by atoms with Gasteiger partial charge < -0.3 is 20.2 Å². The fourth-order valence-corrected chi connectivity index (χ4v) is 3.39. The third kappa shape index (κ3) is 2.22. The van der Waals surface area contributed by atoms with Crippen molar-refractivity contribution in [1.82, 2.24) is 4.98 Å². The van der Waals surface area contributed by atoms with Gasteiger partial charge in [0.05, 0.1) is 24.1 Å². The number of ether oxygens (including phenoxy) is 2. The Morgan fingerprint density at radius 3 is 2.69 bits per heavy atom. The van der Waals surface area contributed by atoms with Gasteiger partial charge in [-0.2, -0.15) is 5.26 Å². The molecule has 3 aromatic rings. The van der Waals surface area contributed by atoms with E-state index in [0.717, 1.165) is 5.39 Å². The van der Waals surface area contributed by atoms with Crippen LogP contribution in [0.25, 0.3) is 10.9 Å². The Balaban J connectivity index is 2.11. The lowest BCUT2D eigenvalue weighted by Gasteiger charge is -2.27. The fraction of sp³-hybridized carbons (Fsp3) is 0.100. The van der Waals surface area contributed by atoms with Gasteiger partial charge in [0.1, 0.15) is 23.1 Å². The number of nitrogens with zero attached hydrogens (tertiary/aromatic N) is 1. The Hall–Kier alpha value is -3.72. The molecule has 3 N–H and O–H groups in total. The van der Waals surface area contributed by atoms with Crippen LogP contribution in [0.3, 0.4) is 0 Å². The van der Waals surface area contributed by atoms with E-state index in [4.69, 9.17) is 15.2 Å². The predicted molar refractivity (Wildman–Crippen MR) is 96.9 cm³/mol. The molecule has 128 valence electrons. The van der Waals surface area contributed by atoms with Gasteiger partial charge in [-0.05, 0) is 18.2 Å². The number of hydrogen-bond acceptors (Lipinski definition) is 5. The van der Waals surface area contributed by atoms with Gasteiger partial charge >= 0.3 is 0 Å². The minimum atomic E-state index is -0.673. The molecule has 2 aromatic carbocycles. The SMILES string of the molecule is COc1ccccc1[C@H]1C(C#N)=C(N)Oc2c1c(=O)[nH]c1ccccc21. The van der Waals surface area contributed by atoms with E-state index in [1.807, 2.05) is 36.4 Å². The first-order valence-corrected chi connectivity index (χ1v) is 8.01. The molecule has 6 heteroatoms. The number of allylic oxidation sites excluding steroid dienone is 1. The standard InChI is InChI=1S/C20H15N3O3/c1-25-15-9-5-3-7-12(15)16-13(10-21)19(22)26-18-11-6-2-4-8-14(11)23-20(24)17(16)18/h2-9,16H,22H2,1H3,(H,23,24)/t16-/m0/s1. The van der Waals surface area contributed by atoms with Gasteiger partial charge in [0, 0.05) is 10.9 Å². The second-order valence-corrected chi connectivity index (χ2v) is 5.91. The molecule has 26 heavy (non-hydrogen) atoms. The molecule has 1 aliphatic heterocycles. The number of nitriles is 1. The number of hydrogen-bond donors (Lipinski definition) is 2. The predicted octanol–water partition coefficient (Wildman–Crippen LogP) is 2.75. The molecule has 1 atom stereocenters. The van der Waals surface area contributed by atoms with E-state index in [0.29, 0.717) is 28.1 Å². The molecule has 0 bridgehead atoms. The van der Waals surface area contributed by atoms with E-state index in [2.05, 4.69) is 11.1 Å². The van der Waals surface area contributed by atoms with E-state index in [1.165, 1.54) is 0 Å². The Morgan fingerprint density at radius 1 is 1.19 bits per heavy atom. The van der Waals surface area contributed by atoms with Crippen molar-refractivity contribution in [1.29, 1.82) is 5.26 Å². The Bertz CT molecular complexity index is 1150. The fourth-order valence-electron chi connectivity index (χ4n) is 3.39. The monoisotopic (exact) mass is 345 g/mol. The van der Waals surface area contributed by atoms with Gasteiger partial charge in [-0.1, -0.05) is 30.3 Å². The highest BCUT2D eigenvalue weighted by Gasteiger charge is 2.35. The summed E-state index contributed by atoms with van der Waals surface area (Å²) in [6.45, 7) is 0. The van der Waals surface area contributed by atoms with Crippen LogP contribution in [0.4, 0.5) is 0 Å². The number of aromatic amines is 1. The van der Waals surface area contributed by atoms with Crippen molar-refractivity contribution in [2.24, 2.45) is 5.73 Å². The third-order valence-electron chi connectivity index (χ3n) is 4.53. The van der Waals surface area contributed by atoms with Gasteiger partial charge in [-0.15, -0.1) is 0 Å². The number of para-hydroxylation sites is 2. The molecule has 4 rings (SSSR count). The molecular formula is C20H15N3O3. The Morgan fingerprint density at radius 2 is 1.92 bits per heavy atom. The minimum absolute atomic E-state index is 0.00772. The number of methoxy groups -OCH3 is 1. The van der Waals surface area contributed by atoms with E-state index < -0.39 is 5.92 Å². The first-order valence-electron chi connectivity index (χ1n) is 8.01. The van der Waals surface area contributed by atoms with Gasteiger partial charge in [0.2, 0.25) is 5.88 Å². The lowest BCUT2D eigenvalue weighted by Crippen LogP contribution is -2.28. The number of H-pyrrole nitrogens is 1. The summed E-state index contributed by atoms with van der Waals surface area (Å²) >= 11 is 0. The first kappa shape index (κ1) is 15.8. The summed E-state index contributed by atoms with van der Waals surface area (Å²) < 4.78 is 11.2. The van der Waals surface area contributed by atoms with Crippen LogP contribution < -0.4 is 20.8 Å². The molecular weight excluding hydrogens is 330 g/mol. The van der Waals surface area contributed by atoms with E-state index >= 15 is 0 Å². The summed E-state index contributed by atoms with van der Waals surface area (Å²) in [5.41, 5.74) is 7.57. The van der Waals surface area contributed by atoms with Crippen LogP contribution in [0.2, 0.25) is 0 Å². The molecule has 0 spiro atoms. The summed E-state index contributed by atoms with van der Waals surface area (Å²) in [5, 5.41) is 10.4. The molecule has 6 nitrogen and oxygen atoms in total. The van der Waals surface area contributed by atoms with Crippen LogP contribution in [0, 0.1) is 11.3 Å². The molecule has 0 fully saturated rings. The number of fused-ring (bicyclic) bond motifs is 3. The Labute approximate surface area is 149 Å². The largest absolute Gasteiger partial charge is 0.496 e. The zero-order valence-electron chi connectivity index (χ0n) is 13.9.